The SMILES string of the molecule is CCn1c(SCC(=O)Nc2sc3c(c2C#N)CCC(C(C)(C)CC)C3)nnc1C1CCCC1. The molecule has 0 bridgehead atoms. The van der Waals surface area contributed by atoms with E-state index in [4.69, 9.17) is 0 Å². The van der Waals surface area contributed by atoms with E-state index >= 15 is 0 Å². The Kier molecular flexibility index (Phi) is 7.49. The number of thiophene rings is 1. The number of hydrogen-bond donors (Lipinski definition) is 1. The van der Waals surface area contributed by atoms with Crippen LogP contribution in [0.3, 0.4) is 0 Å². The highest BCUT2D eigenvalue weighted by atomic mass is 32.2. The van der Waals surface area contributed by atoms with E-state index in [0.717, 1.165) is 48.8 Å². The minimum atomic E-state index is -0.0893. The lowest BCUT2D eigenvalue weighted by molar-refractivity contribution is -0.113. The lowest BCUT2D eigenvalue weighted by Crippen LogP contribution is -2.28. The summed E-state index contributed by atoms with van der Waals surface area (Å²) in [6, 6.07) is 2.37. The third kappa shape index (κ3) is 5.00. The summed E-state index contributed by atoms with van der Waals surface area (Å²) in [4.78, 5) is 14.1. The fraction of sp³-hybridized carbons (Fsp3) is 0.680. The van der Waals surface area contributed by atoms with Gasteiger partial charge in [0, 0.05) is 17.3 Å². The van der Waals surface area contributed by atoms with Crippen molar-refractivity contribution in [3.8, 4) is 6.07 Å². The molecule has 2 aliphatic rings. The van der Waals surface area contributed by atoms with E-state index < -0.39 is 0 Å². The minimum Gasteiger partial charge on any atom is -0.316 e. The van der Waals surface area contributed by atoms with Gasteiger partial charge in [0.1, 0.15) is 16.9 Å². The van der Waals surface area contributed by atoms with Gasteiger partial charge >= 0.3 is 0 Å². The molecule has 6 nitrogen and oxygen atoms in total. The van der Waals surface area contributed by atoms with Crippen LogP contribution in [0, 0.1) is 22.7 Å². The van der Waals surface area contributed by atoms with Gasteiger partial charge in [-0.3, -0.25) is 4.79 Å². The van der Waals surface area contributed by atoms with Crippen LogP contribution in [-0.4, -0.2) is 26.4 Å². The molecule has 1 N–H and O–H groups in total. The zero-order chi connectivity index (χ0) is 23.6. The Morgan fingerprint density at radius 1 is 1.27 bits per heavy atom. The number of aromatic nitrogens is 3. The predicted molar refractivity (Wildman–Crippen MR) is 135 cm³/mol. The number of nitrogens with zero attached hydrogens (tertiary/aromatic N) is 4. The molecule has 178 valence electrons. The molecule has 0 spiro atoms. The third-order valence-corrected chi connectivity index (χ3v) is 9.90. The molecule has 1 saturated carbocycles. The highest BCUT2D eigenvalue weighted by molar-refractivity contribution is 7.99. The number of thioether (sulfide) groups is 1. The first-order valence-electron chi connectivity index (χ1n) is 12.3. The van der Waals surface area contributed by atoms with Crippen LogP contribution >= 0.6 is 23.1 Å². The molecule has 8 heteroatoms. The Morgan fingerprint density at radius 2 is 2.03 bits per heavy atom. The molecule has 1 amide bonds. The van der Waals surface area contributed by atoms with E-state index in [1.165, 1.54) is 42.3 Å². The van der Waals surface area contributed by atoms with Crippen molar-refractivity contribution in [2.24, 2.45) is 11.3 Å². The summed E-state index contributed by atoms with van der Waals surface area (Å²) < 4.78 is 2.16. The molecule has 0 aromatic carbocycles. The molecular weight excluding hydrogens is 450 g/mol. The van der Waals surface area contributed by atoms with E-state index in [2.05, 4.69) is 53.8 Å². The fourth-order valence-electron chi connectivity index (χ4n) is 5.23. The largest absolute Gasteiger partial charge is 0.316 e. The minimum absolute atomic E-state index is 0.0893. The average molecular weight is 486 g/mol. The van der Waals surface area contributed by atoms with Crippen LogP contribution < -0.4 is 5.32 Å². The van der Waals surface area contributed by atoms with E-state index in [0.29, 0.717) is 27.8 Å². The van der Waals surface area contributed by atoms with Crippen molar-refractivity contribution in [3.63, 3.8) is 0 Å². The molecule has 0 saturated heterocycles. The van der Waals surface area contributed by atoms with Crippen LogP contribution in [0.25, 0.3) is 0 Å². The summed E-state index contributed by atoms with van der Waals surface area (Å²) in [5.41, 5.74) is 2.11. The maximum Gasteiger partial charge on any atom is 0.235 e. The van der Waals surface area contributed by atoms with Gasteiger partial charge in [0.2, 0.25) is 5.91 Å². The van der Waals surface area contributed by atoms with Crippen molar-refractivity contribution < 1.29 is 4.79 Å². The summed E-state index contributed by atoms with van der Waals surface area (Å²) in [6.07, 6.45) is 9.07. The van der Waals surface area contributed by atoms with Crippen LogP contribution in [0.1, 0.15) is 94.0 Å². The number of fused-ring (bicyclic) bond motifs is 1. The standard InChI is InChI=1S/C25H35N5OS2/c1-5-25(3,4)17-11-12-18-19(14-26)23(33-20(18)13-17)27-21(31)15-32-24-29-28-22(30(24)6-2)16-9-7-8-10-16/h16-17H,5-13,15H2,1-4H3,(H,27,31). The molecule has 2 aromatic rings. The molecule has 2 aromatic heterocycles. The monoisotopic (exact) mass is 485 g/mol. The van der Waals surface area contributed by atoms with Crippen LogP contribution in [0.15, 0.2) is 5.16 Å². The number of amides is 1. The predicted octanol–water partition coefficient (Wildman–Crippen LogP) is 6.16. The molecule has 1 atom stereocenters. The Bertz CT molecular complexity index is 1040. The fourth-order valence-corrected chi connectivity index (χ4v) is 7.33. The van der Waals surface area contributed by atoms with Gasteiger partial charge < -0.3 is 9.88 Å². The van der Waals surface area contributed by atoms with Gasteiger partial charge in [0.25, 0.3) is 0 Å². The lowest BCUT2D eigenvalue weighted by atomic mass is 9.69. The first kappa shape index (κ1) is 24.3. The summed E-state index contributed by atoms with van der Waals surface area (Å²) >= 11 is 3.03. The zero-order valence-corrected chi connectivity index (χ0v) is 21.9. The Labute approximate surface area is 205 Å². The summed E-state index contributed by atoms with van der Waals surface area (Å²) in [5.74, 6) is 2.36. The van der Waals surface area contributed by atoms with Gasteiger partial charge in [-0.25, -0.2) is 0 Å². The van der Waals surface area contributed by atoms with Gasteiger partial charge in [0.05, 0.1) is 11.3 Å². The normalized spacial score (nSPS) is 18.8. The number of carbonyl (C=O) groups is 1. The van der Waals surface area contributed by atoms with Crippen LogP contribution in [-0.2, 0) is 24.2 Å². The highest BCUT2D eigenvalue weighted by Crippen LogP contribution is 2.45. The van der Waals surface area contributed by atoms with Crippen molar-refractivity contribution in [1.29, 1.82) is 5.26 Å². The van der Waals surface area contributed by atoms with Crippen LogP contribution in [0.2, 0.25) is 0 Å². The van der Waals surface area contributed by atoms with Crippen molar-refractivity contribution in [2.45, 2.75) is 96.7 Å². The number of nitrogens with one attached hydrogen (secondary N) is 1. The summed E-state index contributed by atoms with van der Waals surface area (Å²) in [5, 5.41) is 23.2. The van der Waals surface area contributed by atoms with E-state index in [9.17, 15) is 10.1 Å². The van der Waals surface area contributed by atoms with Gasteiger partial charge in [-0.05, 0) is 55.9 Å². The number of rotatable bonds is 8. The smallest absolute Gasteiger partial charge is 0.235 e. The van der Waals surface area contributed by atoms with E-state index in [1.807, 2.05) is 0 Å². The molecule has 2 aliphatic carbocycles. The maximum absolute atomic E-state index is 12.8. The molecule has 1 unspecified atom stereocenters. The van der Waals surface area contributed by atoms with Crippen molar-refractivity contribution in [2.75, 3.05) is 11.1 Å². The number of nitriles is 1. The highest BCUT2D eigenvalue weighted by Gasteiger charge is 2.34. The first-order valence-corrected chi connectivity index (χ1v) is 14.1. The number of anilines is 1. The second-order valence-corrected chi connectivity index (χ2v) is 12.1. The molecule has 2 heterocycles. The molecule has 33 heavy (non-hydrogen) atoms. The first-order chi connectivity index (χ1) is 15.9. The lowest BCUT2D eigenvalue weighted by Gasteiger charge is -2.36. The van der Waals surface area contributed by atoms with Gasteiger partial charge in [0.15, 0.2) is 5.16 Å². The van der Waals surface area contributed by atoms with Crippen molar-refractivity contribution in [3.05, 3.63) is 21.8 Å². The Hall–Kier alpha value is -1.85. The van der Waals surface area contributed by atoms with Gasteiger partial charge in [-0.1, -0.05) is 51.8 Å². The van der Waals surface area contributed by atoms with E-state index in [-0.39, 0.29) is 11.7 Å². The Balaban J connectivity index is 1.42. The topological polar surface area (TPSA) is 83.6 Å². The van der Waals surface area contributed by atoms with Crippen LogP contribution in [0.5, 0.6) is 0 Å². The van der Waals surface area contributed by atoms with Gasteiger partial charge in [-0.15, -0.1) is 21.5 Å². The van der Waals surface area contributed by atoms with Crippen molar-refractivity contribution >= 4 is 34.0 Å². The number of carbonyl (C=O) groups excluding carboxylic acids is 1. The average Bonchev–Trinajstić information content (AvgIpc) is 3.54. The molecule has 0 radical (unpaired) electrons. The summed E-state index contributed by atoms with van der Waals surface area (Å²) in [6.45, 7) is 9.86. The zero-order valence-electron chi connectivity index (χ0n) is 20.2. The van der Waals surface area contributed by atoms with Gasteiger partial charge in [-0.2, -0.15) is 5.26 Å². The quantitative estimate of drug-likeness (QED) is 0.453. The number of hydrogen-bond acceptors (Lipinski definition) is 6. The molecular formula is C25H35N5OS2. The molecule has 4 rings (SSSR count). The maximum atomic E-state index is 12.8. The van der Waals surface area contributed by atoms with Crippen molar-refractivity contribution in [1.82, 2.24) is 14.8 Å². The summed E-state index contributed by atoms with van der Waals surface area (Å²) in [7, 11) is 0. The Morgan fingerprint density at radius 3 is 2.70 bits per heavy atom. The second-order valence-electron chi connectivity index (χ2n) is 10.0. The molecule has 0 aliphatic heterocycles. The van der Waals surface area contributed by atoms with Crippen LogP contribution in [0.4, 0.5) is 5.00 Å². The molecule has 1 fully saturated rings. The second kappa shape index (κ2) is 10.2. The van der Waals surface area contributed by atoms with E-state index in [1.54, 1.807) is 11.3 Å². The third-order valence-electron chi connectivity index (χ3n) is 7.76.